The summed E-state index contributed by atoms with van der Waals surface area (Å²) in [6, 6.07) is 13.3. The summed E-state index contributed by atoms with van der Waals surface area (Å²) in [7, 11) is -3.35. The SMILES string of the molecule is CCCS(=O)(=O)CC(=O)NC(CN)c1ccc2ccccc2c1.Cl. The van der Waals surface area contributed by atoms with Crippen molar-refractivity contribution in [2.24, 2.45) is 5.73 Å². The van der Waals surface area contributed by atoms with Gasteiger partial charge in [-0.15, -0.1) is 12.4 Å². The Hall–Kier alpha value is -1.63. The molecule has 0 saturated heterocycles. The van der Waals surface area contributed by atoms with Crippen molar-refractivity contribution in [3.63, 3.8) is 0 Å². The van der Waals surface area contributed by atoms with Gasteiger partial charge in [-0.1, -0.05) is 43.3 Å². The van der Waals surface area contributed by atoms with Crippen LogP contribution in [0.3, 0.4) is 0 Å². The first-order chi connectivity index (χ1) is 10.9. The average molecular weight is 371 g/mol. The lowest BCUT2D eigenvalue weighted by Crippen LogP contribution is -2.37. The van der Waals surface area contributed by atoms with Crippen LogP contribution in [0.15, 0.2) is 42.5 Å². The third-order valence-electron chi connectivity index (χ3n) is 3.61. The Kier molecular flexibility index (Phi) is 7.66. The normalized spacial score (nSPS) is 12.4. The number of hydrogen-bond acceptors (Lipinski definition) is 4. The molecule has 2 aromatic rings. The molecule has 132 valence electrons. The van der Waals surface area contributed by atoms with Gasteiger partial charge in [0.1, 0.15) is 5.75 Å². The first-order valence-electron chi connectivity index (χ1n) is 7.63. The summed E-state index contributed by atoms with van der Waals surface area (Å²) in [5, 5.41) is 4.87. The van der Waals surface area contributed by atoms with Gasteiger partial charge in [0, 0.05) is 6.54 Å². The van der Waals surface area contributed by atoms with Crippen LogP contribution in [-0.2, 0) is 14.6 Å². The number of fused-ring (bicyclic) bond motifs is 1. The number of nitrogens with one attached hydrogen (secondary N) is 1. The second-order valence-electron chi connectivity index (χ2n) is 5.55. The predicted octanol–water partition coefficient (Wildman–Crippen LogP) is 2.20. The van der Waals surface area contributed by atoms with Crippen LogP contribution >= 0.6 is 12.4 Å². The maximum atomic E-state index is 12.0. The minimum absolute atomic E-state index is 0. The van der Waals surface area contributed by atoms with Crippen molar-refractivity contribution in [3.05, 3.63) is 48.0 Å². The topological polar surface area (TPSA) is 89.3 Å². The van der Waals surface area contributed by atoms with Crippen molar-refractivity contribution in [2.75, 3.05) is 18.1 Å². The Bertz CT molecular complexity index is 793. The van der Waals surface area contributed by atoms with E-state index in [1.165, 1.54) is 0 Å². The number of halogens is 1. The zero-order valence-electron chi connectivity index (χ0n) is 13.6. The molecule has 0 aliphatic rings. The van der Waals surface area contributed by atoms with E-state index in [0.29, 0.717) is 6.42 Å². The molecule has 5 nitrogen and oxygen atoms in total. The fourth-order valence-corrected chi connectivity index (χ4v) is 3.77. The highest BCUT2D eigenvalue weighted by Gasteiger charge is 2.19. The van der Waals surface area contributed by atoms with Gasteiger partial charge in [0.2, 0.25) is 5.91 Å². The second-order valence-corrected chi connectivity index (χ2v) is 7.74. The van der Waals surface area contributed by atoms with E-state index in [0.717, 1.165) is 16.3 Å². The number of nitrogens with two attached hydrogens (primary N) is 1. The Morgan fingerprint density at radius 1 is 1.17 bits per heavy atom. The van der Waals surface area contributed by atoms with Gasteiger partial charge in [-0.2, -0.15) is 0 Å². The monoisotopic (exact) mass is 370 g/mol. The van der Waals surface area contributed by atoms with Crippen LogP contribution in [-0.4, -0.2) is 32.4 Å². The van der Waals surface area contributed by atoms with Crippen LogP contribution in [0, 0.1) is 0 Å². The summed E-state index contributed by atoms with van der Waals surface area (Å²) < 4.78 is 23.5. The molecule has 2 aromatic carbocycles. The molecule has 24 heavy (non-hydrogen) atoms. The molecule has 1 atom stereocenters. The van der Waals surface area contributed by atoms with Gasteiger partial charge in [-0.3, -0.25) is 4.79 Å². The minimum Gasteiger partial charge on any atom is -0.347 e. The Morgan fingerprint density at radius 2 is 1.83 bits per heavy atom. The zero-order chi connectivity index (χ0) is 16.9. The lowest BCUT2D eigenvalue weighted by atomic mass is 10.0. The molecule has 0 aromatic heterocycles. The third-order valence-corrected chi connectivity index (χ3v) is 5.35. The molecule has 0 fully saturated rings. The van der Waals surface area contributed by atoms with E-state index in [4.69, 9.17) is 5.73 Å². The largest absolute Gasteiger partial charge is 0.347 e. The van der Waals surface area contributed by atoms with E-state index in [-0.39, 0.29) is 24.7 Å². The smallest absolute Gasteiger partial charge is 0.235 e. The first kappa shape index (κ1) is 20.4. The Balaban J connectivity index is 0.00000288. The molecule has 1 unspecified atom stereocenters. The van der Waals surface area contributed by atoms with Gasteiger partial charge in [-0.25, -0.2) is 8.42 Å². The van der Waals surface area contributed by atoms with Crippen LogP contribution in [0.5, 0.6) is 0 Å². The first-order valence-corrected chi connectivity index (χ1v) is 9.46. The van der Waals surface area contributed by atoms with Gasteiger partial charge < -0.3 is 11.1 Å². The molecule has 0 spiro atoms. The fraction of sp³-hybridized carbons (Fsp3) is 0.353. The molecule has 0 aliphatic carbocycles. The highest BCUT2D eigenvalue weighted by Crippen LogP contribution is 2.20. The number of amides is 1. The number of rotatable bonds is 7. The average Bonchev–Trinajstić information content (AvgIpc) is 2.51. The van der Waals surface area contributed by atoms with E-state index < -0.39 is 27.5 Å². The molecular weight excluding hydrogens is 348 g/mol. The Labute approximate surface area is 148 Å². The minimum atomic E-state index is -3.35. The zero-order valence-corrected chi connectivity index (χ0v) is 15.2. The highest BCUT2D eigenvalue weighted by atomic mass is 35.5. The van der Waals surface area contributed by atoms with Crippen LogP contribution < -0.4 is 11.1 Å². The summed E-state index contributed by atoms with van der Waals surface area (Å²) in [5.41, 5.74) is 6.62. The summed E-state index contributed by atoms with van der Waals surface area (Å²) in [6.07, 6.45) is 0.501. The van der Waals surface area contributed by atoms with Crippen molar-refractivity contribution < 1.29 is 13.2 Å². The van der Waals surface area contributed by atoms with E-state index in [2.05, 4.69) is 5.32 Å². The predicted molar refractivity (Wildman–Crippen MR) is 100 cm³/mol. The molecule has 0 heterocycles. The van der Waals surface area contributed by atoms with Crippen molar-refractivity contribution >= 4 is 38.9 Å². The molecule has 1 amide bonds. The van der Waals surface area contributed by atoms with Crippen LogP contribution in [0.1, 0.15) is 24.9 Å². The second kappa shape index (κ2) is 9.01. The molecule has 2 rings (SSSR count). The molecule has 0 saturated carbocycles. The van der Waals surface area contributed by atoms with E-state index in [1.54, 1.807) is 6.92 Å². The molecule has 3 N–H and O–H groups in total. The number of hydrogen-bond donors (Lipinski definition) is 2. The van der Waals surface area contributed by atoms with Crippen molar-refractivity contribution in [3.8, 4) is 0 Å². The van der Waals surface area contributed by atoms with Gasteiger partial charge >= 0.3 is 0 Å². The van der Waals surface area contributed by atoms with Crippen molar-refractivity contribution in [1.82, 2.24) is 5.32 Å². The van der Waals surface area contributed by atoms with Gasteiger partial charge in [0.15, 0.2) is 9.84 Å². The van der Waals surface area contributed by atoms with Gasteiger partial charge in [-0.05, 0) is 28.8 Å². The number of carbonyl (C=O) groups excluding carboxylic acids is 1. The number of sulfone groups is 1. The summed E-state index contributed by atoms with van der Waals surface area (Å²) >= 11 is 0. The van der Waals surface area contributed by atoms with Gasteiger partial charge in [0.25, 0.3) is 0 Å². The summed E-state index contributed by atoms with van der Waals surface area (Å²) in [4.78, 5) is 12.0. The maximum Gasteiger partial charge on any atom is 0.235 e. The maximum absolute atomic E-state index is 12.0. The van der Waals surface area contributed by atoms with E-state index in [1.807, 2.05) is 42.5 Å². The number of carbonyl (C=O) groups is 1. The molecule has 0 radical (unpaired) electrons. The quantitative estimate of drug-likeness (QED) is 0.781. The molecular formula is C17H23ClN2O3S. The molecule has 0 bridgehead atoms. The van der Waals surface area contributed by atoms with Crippen molar-refractivity contribution in [1.29, 1.82) is 0 Å². The lowest BCUT2D eigenvalue weighted by Gasteiger charge is -2.18. The van der Waals surface area contributed by atoms with Crippen LogP contribution in [0.4, 0.5) is 0 Å². The van der Waals surface area contributed by atoms with E-state index in [9.17, 15) is 13.2 Å². The summed E-state index contributed by atoms with van der Waals surface area (Å²) in [6.45, 7) is 1.98. The van der Waals surface area contributed by atoms with Crippen LogP contribution in [0.25, 0.3) is 10.8 Å². The Morgan fingerprint density at radius 3 is 2.46 bits per heavy atom. The fourth-order valence-electron chi connectivity index (χ4n) is 2.52. The number of benzene rings is 2. The summed E-state index contributed by atoms with van der Waals surface area (Å²) in [5.74, 6) is -0.990. The van der Waals surface area contributed by atoms with E-state index >= 15 is 0 Å². The third kappa shape index (κ3) is 5.47. The van der Waals surface area contributed by atoms with Gasteiger partial charge in [0.05, 0.1) is 11.8 Å². The lowest BCUT2D eigenvalue weighted by molar-refractivity contribution is -0.119. The van der Waals surface area contributed by atoms with Crippen molar-refractivity contribution in [2.45, 2.75) is 19.4 Å². The highest BCUT2D eigenvalue weighted by molar-refractivity contribution is 7.92. The molecule has 7 heteroatoms. The molecule has 0 aliphatic heterocycles. The standard InChI is InChI=1S/C17H22N2O3S.ClH/c1-2-9-23(21,22)12-17(20)19-16(11-18)15-8-7-13-5-3-4-6-14(13)10-15;/h3-8,10,16H,2,9,11-12,18H2,1H3,(H,19,20);1H. The van der Waals surface area contributed by atoms with Crippen LogP contribution in [0.2, 0.25) is 0 Å².